The lowest BCUT2D eigenvalue weighted by atomic mass is 10.1. The molecule has 3 nitrogen and oxygen atoms in total. The summed E-state index contributed by atoms with van der Waals surface area (Å²) < 4.78 is 5.59. The molecule has 0 aromatic heterocycles. The lowest BCUT2D eigenvalue weighted by molar-refractivity contribution is -0.137. The Morgan fingerprint density at radius 2 is 1.87 bits per heavy atom. The lowest BCUT2D eigenvalue weighted by Crippen LogP contribution is -1.92. The van der Waals surface area contributed by atoms with Crippen LogP contribution in [-0.2, 0) is 9.53 Å². The Labute approximate surface area is 140 Å². The maximum absolute atomic E-state index is 10.3. The van der Waals surface area contributed by atoms with Gasteiger partial charge in [0.15, 0.2) is 0 Å². The van der Waals surface area contributed by atoms with Gasteiger partial charge in [0, 0.05) is 6.42 Å². The van der Waals surface area contributed by atoms with Crippen molar-refractivity contribution in [3.8, 4) is 0 Å². The second-order valence-electron chi connectivity index (χ2n) is 5.83. The van der Waals surface area contributed by atoms with Crippen LogP contribution in [0.2, 0.25) is 0 Å². The molecular formula is C20H30O3. The van der Waals surface area contributed by atoms with Crippen molar-refractivity contribution in [1.29, 1.82) is 0 Å². The Bertz CT molecular complexity index is 432. The molecular weight excluding hydrogens is 288 g/mol. The third-order valence-electron chi connectivity index (χ3n) is 3.68. The van der Waals surface area contributed by atoms with E-state index in [9.17, 15) is 4.79 Å². The molecule has 0 aromatic carbocycles. The van der Waals surface area contributed by atoms with E-state index in [4.69, 9.17) is 9.84 Å². The highest BCUT2D eigenvalue weighted by Gasteiger charge is 2.35. The van der Waals surface area contributed by atoms with Crippen LogP contribution in [0.4, 0.5) is 0 Å². The van der Waals surface area contributed by atoms with Crippen molar-refractivity contribution in [2.45, 2.75) is 70.5 Å². The Morgan fingerprint density at radius 1 is 1.04 bits per heavy atom. The summed E-state index contributed by atoms with van der Waals surface area (Å²) in [6, 6.07) is 0. The third-order valence-corrected chi connectivity index (χ3v) is 3.68. The zero-order valence-electron chi connectivity index (χ0n) is 14.2. The molecule has 0 saturated carbocycles. The maximum atomic E-state index is 10.3. The minimum absolute atomic E-state index is 0.249. The number of carboxylic acids is 1. The van der Waals surface area contributed by atoms with E-state index in [2.05, 4.69) is 31.2 Å². The molecule has 1 saturated heterocycles. The average Bonchev–Trinajstić information content (AvgIpc) is 3.27. The Morgan fingerprint density at radius 3 is 2.65 bits per heavy atom. The van der Waals surface area contributed by atoms with Gasteiger partial charge in [-0.2, -0.15) is 0 Å². The van der Waals surface area contributed by atoms with Crippen LogP contribution in [0.25, 0.3) is 0 Å². The topological polar surface area (TPSA) is 49.8 Å². The number of allylic oxidation sites excluding steroid dienone is 7. The number of hydrogen-bond donors (Lipinski definition) is 1. The molecule has 1 rings (SSSR count). The molecule has 128 valence electrons. The predicted molar refractivity (Wildman–Crippen MR) is 95.5 cm³/mol. The van der Waals surface area contributed by atoms with Crippen LogP contribution in [0.1, 0.15) is 58.3 Å². The number of carbonyl (C=O) groups is 1. The minimum atomic E-state index is -0.722. The summed E-state index contributed by atoms with van der Waals surface area (Å²) in [6.45, 7) is 2.22. The zero-order chi connectivity index (χ0) is 16.8. The number of unbranched alkanes of at least 4 members (excludes halogenated alkanes) is 3. The van der Waals surface area contributed by atoms with Gasteiger partial charge in [-0.15, -0.1) is 0 Å². The summed E-state index contributed by atoms with van der Waals surface area (Å²) in [6.07, 6.45) is 24.9. The predicted octanol–water partition coefficient (Wildman–Crippen LogP) is 5.20. The van der Waals surface area contributed by atoms with Gasteiger partial charge >= 0.3 is 5.97 Å². The largest absolute Gasteiger partial charge is 0.481 e. The summed E-state index contributed by atoms with van der Waals surface area (Å²) >= 11 is 0. The van der Waals surface area contributed by atoms with Crippen molar-refractivity contribution in [3.63, 3.8) is 0 Å². The molecule has 0 aliphatic carbocycles. The number of hydrogen-bond acceptors (Lipinski definition) is 2. The van der Waals surface area contributed by atoms with E-state index in [1.165, 1.54) is 25.7 Å². The molecule has 0 amide bonds. The number of aliphatic carboxylic acids is 1. The molecule has 0 radical (unpaired) electrons. The highest BCUT2D eigenvalue weighted by atomic mass is 16.6. The van der Waals surface area contributed by atoms with Gasteiger partial charge in [0.1, 0.15) is 6.10 Å². The van der Waals surface area contributed by atoms with E-state index >= 15 is 0 Å². The fraction of sp³-hybridized carbons (Fsp3) is 0.550. The molecule has 23 heavy (non-hydrogen) atoms. The lowest BCUT2D eigenvalue weighted by Gasteiger charge is -1.92. The number of epoxide rings is 1. The van der Waals surface area contributed by atoms with E-state index in [1.807, 2.05) is 24.3 Å². The van der Waals surface area contributed by atoms with Gasteiger partial charge in [-0.1, -0.05) is 74.8 Å². The Balaban J connectivity index is 1.98. The van der Waals surface area contributed by atoms with E-state index in [-0.39, 0.29) is 6.42 Å². The highest BCUT2D eigenvalue weighted by Crippen LogP contribution is 2.28. The smallest absolute Gasteiger partial charge is 0.303 e. The van der Waals surface area contributed by atoms with Crippen LogP contribution in [0.5, 0.6) is 0 Å². The van der Waals surface area contributed by atoms with Crippen LogP contribution in [0, 0.1) is 0 Å². The van der Waals surface area contributed by atoms with Crippen LogP contribution in [0.15, 0.2) is 48.6 Å². The van der Waals surface area contributed by atoms with E-state index < -0.39 is 5.97 Å². The van der Waals surface area contributed by atoms with Crippen molar-refractivity contribution >= 4 is 5.97 Å². The monoisotopic (exact) mass is 318 g/mol. The third kappa shape index (κ3) is 11.6. The molecule has 3 heteroatoms. The average molecular weight is 318 g/mol. The molecule has 1 heterocycles. The highest BCUT2D eigenvalue weighted by molar-refractivity contribution is 5.66. The summed E-state index contributed by atoms with van der Waals surface area (Å²) in [5.74, 6) is -0.722. The van der Waals surface area contributed by atoms with Crippen molar-refractivity contribution in [2.24, 2.45) is 0 Å². The molecule has 0 aromatic rings. The van der Waals surface area contributed by atoms with E-state index in [0.717, 1.165) is 12.8 Å². The second kappa shape index (κ2) is 12.9. The molecule has 0 unspecified atom stereocenters. The summed E-state index contributed by atoms with van der Waals surface area (Å²) in [7, 11) is 0. The molecule has 2 atom stereocenters. The minimum Gasteiger partial charge on any atom is -0.481 e. The van der Waals surface area contributed by atoms with Gasteiger partial charge in [-0.05, 0) is 25.7 Å². The number of carboxylic acid groups (broad SMARTS) is 1. The number of rotatable bonds is 13. The quantitative estimate of drug-likeness (QED) is 0.220. The van der Waals surface area contributed by atoms with Gasteiger partial charge in [0.25, 0.3) is 0 Å². The first-order valence-electron chi connectivity index (χ1n) is 8.76. The zero-order valence-corrected chi connectivity index (χ0v) is 14.2. The van der Waals surface area contributed by atoms with Crippen molar-refractivity contribution in [1.82, 2.24) is 0 Å². The van der Waals surface area contributed by atoms with E-state index in [0.29, 0.717) is 18.6 Å². The number of ether oxygens (including phenoxy) is 1. The normalized spacial score (nSPS) is 21.3. The van der Waals surface area contributed by atoms with Crippen molar-refractivity contribution < 1.29 is 14.6 Å². The first kappa shape index (κ1) is 19.4. The molecule has 1 aliphatic rings. The van der Waals surface area contributed by atoms with Crippen LogP contribution in [0.3, 0.4) is 0 Å². The fourth-order valence-electron chi connectivity index (χ4n) is 2.28. The maximum Gasteiger partial charge on any atom is 0.303 e. The van der Waals surface area contributed by atoms with Gasteiger partial charge in [0.05, 0.1) is 6.10 Å². The van der Waals surface area contributed by atoms with Crippen molar-refractivity contribution in [2.75, 3.05) is 0 Å². The SMILES string of the molecule is CCCCC[C@@H]1O[C@@H]1/C=C/C=C/C=C\C/C=C\CCCC(=O)O. The molecule has 0 bridgehead atoms. The van der Waals surface area contributed by atoms with Gasteiger partial charge in [-0.3, -0.25) is 4.79 Å². The molecule has 1 aliphatic heterocycles. The summed E-state index contributed by atoms with van der Waals surface area (Å²) in [5, 5.41) is 8.50. The molecule has 0 spiro atoms. The Kier molecular flexibility index (Phi) is 10.9. The molecule has 1 fully saturated rings. The van der Waals surface area contributed by atoms with E-state index in [1.54, 1.807) is 0 Å². The summed E-state index contributed by atoms with van der Waals surface area (Å²) in [5.41, 5.74) is 0. The Hall–Kier alpha value is -1.61. The van der Waals surface area contributed by atoms with Crippen LogP contribution in [-0.4, -0.2) is 23.3 Å². The second-order valence-corrected chi connectivity index (χ2v) is 5.83. The van der Waals surface area contributed by atoms with Gasteiger partial charge in [-0.25, -0.2) is 0 Å². The van der Waals surface area contributed by atoms with Gasteiger partial charge < -0.3 is 9.84 Å². The van der Waals surface area contributed by atoms with Crippen LogP contribution >= 0.6 is 0 Å². The fourth-order valence-corrected chi connectivity index (χ4v) is 2.28. The molecule has 1 N–H and O–H groups in total. The summed E-state index contributed by atoms with van der Waals surface area (Å²) in [4.78, 5) is 10.3. The van der Waals surface area contributed by atoms with Crippen LogP contribution < -0.4 is 0 Å². The first-order chi connectivity index (χ1) is 11.2. The first-order valence-corrected chi connectivity index (χ1v) is 8.76. The van der Waals surface area contributed by atoms with Gasteiger partial charge in [0.2, 0.25) is 0 Å². The standard InChI is InChI=1S/C20H30O3/c1-2-3-12-15-18-19(23-18)16-13-10-8-6-4-5-7-9-11-14-17-20(21)22/h4,6-10,13,16,18-19H,2-3,5,11-12,14-15,17H2,1H3,(H,21,22)/b6-4-,9-7-,10-8+,16-13+/t18-,19+/m0/s1. The van der Waals surface area contributed by atoms with Crippen molar-refractivity contribution in [3.05, 3.63) is 48.6 Å².